The average molecular weight is 389 g/mol. The second-order valence-electron chi connectivity index (χ2n) is 6.32. The molecule has 142 valence electrons. The van der Waals surface area contributed by atoms with E-state index in [0.29, 0.717) is 22.1 Å². The van der Waals surface area contributed by atoms with E-state index in [4.69, 9.17) is 20.9 Å². The molecule has 8 heteroatoms. The number of halogens is 1. The van der Waals surface area contributed by atoms with Crippen LogP contribution in [0, 0.1) is 13.8 Å². The van der Waals surface area contributed by atoms with E-state index in [1.165, 1.54) is 0 Å². The summed E-state index contributed by atoms with van der Waals surface area (Å²) in [6.45, 7) is 5.75. The van der Waals surface area contributed by atoms with Crippen LogP contribution in [0.5, 0.6) is 5.75 Å². The van der Waals surface area contributed by atoms with Crippen LogP contribution in [0.25, 0.3) is 0 Å². The highest BCUT2D eigenvalue weighted by Gasteiger charge is 2.23. The van der Waals surface area contributed by atoms with Gasteiger partial charge in [0.25, 0.3) is 5.91 Å². The van der Waals surface area contributed by atoms with Crippen LogP contribution < -0.4 is 10.1 Å². The third-order valence-electron chi connectivity index (χ3n) is 4.47. The van der Waals surface area contributed by atoms with Gasteiger partial charge in [0, 0.05) is 23.3 Å². The van der Waals surface area contributed by atoms with Gasteiger partial charge in [0.2, 0.25) is 0 Å². The first-order chi connectivity index (χ1) is 12.9. The molecule has 7 nitrogen and oxygen atoms in total. The summed E-state index contributed by atoms with van der Waals surface area (Å²) in [4.78, 5) is 12.7. The standard InChI is InChI=1S/C19H21ClN4O3/c1-11(16-9-21-24(4)12(16)2)22-19(25)18-17(13(3)27-23-18)10-26-15-7-5-6-14(20)8-15/h5-9,11H,10H2,1-4H3,(H,22,25). The van der Waals surface area contributed by atoms with Gasteiger partial charge in [0.05, 0.1) is 17.8 Å². The maximum absolute atomic E-state index is 12.7. The third kappa shape index (κ3) is 4.14. The second kappa shape index (κ2) is 7.84. The summed E-state index contributed by atoms with van der Waals surface area (Å²) < 4.78 is 12.7. The van der Waals surface area contributed by atoms with Crippen LogP contribution in [0.2, 0.25) is 5.02 Å². The lowest BCUT2D eigenvalue weighted by Gasteiger charge is -2.13. The number of nitrogens with zero attached hydrogens (tertiary/aromatic N) is 3. The topological polar surface area (TPSA) is 82.2 Å². The summed E-state index contributed by atoms with van der Waals surface area (Å²) in [6, 6.07) is 6.84. The van der Waals surface area contributed by atoms with Crippen molar-refractivity contribution in [2.24, 2.45) is 7.05 Å². The first-order valence-electron chi connectivity index (χ1n) is 8.49. The number of hydrogen-bond acceptors (Lipinski definition) is 5. The number of rotatable bonds is 6. The molecular formula is C19H21ClN4O3. The number of amides is 1. The minimum Gasteiger partial charge on any atom is -0.489 e. The molecule has 0 aliphatic rings. The smallest absolute Gasteiger partial charge is 0.274 e. The van der Waals surface area contributed by atoms with Gasteiger partial charge in [-0.15, -0.1) is 0 Å². The summed E-state index contributed by atoms with van der Waals surface area (Å²) in [7, 11) is 1.86. The van der Waals surface area contributed by atoms with Gasteiger partial charge < -0.3 is 14.6 Å². The molecule has 0 aliphatic heterocycles. The predicted molar refractivity (Wildman–Crippen MR) is 101 cm³/mol. The molecule has 2 heterocycles. The van der Waals surface area contributed by atoms with Crippen molar-refractivity contribution >= 4 is 17.5 Å². The molecule has 0 saturated carbocycles. The highest BCUT2D eigenvalue weighted by atomic mass is 35.5. The van der Waals surface area contributed by atoms with Crippen LogP contribution >= 0.6 is 11.6 Å². The Kier molecular flexibility index (Phi) is 5.51. The molecule has 27 heavy (non-hydrogen) atoms. The van der Waals surface area contributed by atoms with Gasteiger partial charge in [-0.05, 0) is 39.0 Å². The Morgan fingerprint density at radius 3 is 2.85 bits per heavy atom. The normalized spacial score (nSPS) is 12.0. The van der Waals surface area contributed by atoms with Gasteiger partial charge in [0.15, 0.2) is 5.69 Å². The van der Waals surface area contributed by atoms with Gasteiger partial charge in [-0.25, -0.2) is 0 Å². The van der Waals surface area contributed by atoms with Crippen molar-refractivity contribution in [2.75, 3.05) is 0 Å². The predicted octanol–water partition coefficient (Wildman–Crippen LogP) is 3.75. The van der Waals surface area contributed by atoms with E-state index in [-0.39, 0.29) is 24.2 Å². The number of aromatic nitrogens is 3. The molecule has 3 aromatic rings. The van der Waals surface area contributed by atoms with Gasteiger partial charge in [-0.1, -0.05) is 22.8 Å². The van der Waals surface area contributed by atoms with Crippen LogP contribution in [0.4, 0.5) is 0 Å². The fraction of sp³-hybridized carbons (Fsp3) is 0.316. The zero-order chi connectivity index (χ0) is 19.6. The minimum absolute atomic E-state index is 0.152. The van der Waals surface area contributed by atoms with Gasteiger partial charge in [0.1, 0.15) is 18.1 Å². The maximum Gasteiger partial charge on any atom is 0.274 e. The SMILES string of the molecule is Cc1onc(C(=O)NC(C)c2cnn(C)c2C)c1COc1cccc(Cl)c1. The number of hydrogen-bond donors (Lipinski definition) is 1. The van der Waals surface area contributed by atoms with Crippen LogP contribution in [0.15, 0.2) is 35.0 Å². The van der Waals surface area contributed by atoms with Crippen molar-refractivity contribution in [1.82, 2.24) is 20.3 Å². The number of nitrogens with one attached hydrogen (secondary N) is 1. The van der Waals surface area contributed by atoms with Crippen molar-refractivity contribution in [3.63, 3.8) is 0 Å². The number of benzene rings is 1. The Morgan fingerprint density at radius 2 is 2.19 bits per heavy atom. The van der Waals surface area contributed by atoms with E-state index in [1.54, 1.807) is 42.1 Å². The lowest BCUT2D eigenvalue weighted by Crippen LogP contribution is -2.28. The highest BCUT2D eigenvalue weighted by Crippen LogP contribution is 2.22. The molecule has 0 saturated heterocycles. The fourth-order valence-corrected chi connectivity index (χ4v) is 2.92. The lowest BCUT2D eigenvalue weighted by molar-refractivity contribution is 0.0928. The zero-order valence-corrected chi connectivity index (χ0v) is 16.4. The molecule has 0 radical (unpaired) electrons. The van der Waals surface area contributed by atoms with E-state index in [0.717, 1.165) is 11.3 Å². The van der Waals surface area contributed by atoms with E-state index >= 15 is 0 Å². The number of carbonyl (C=O) groups is 1. The molecule has 0 aliphatic carbocycles. The molecule has 3 rings (SSSR count). The van der Waals surface area contributed by atoms with Gasteiger partial charge in [-0.2, -0.15) is 5.10 Å². The highest BCUT2D eigenvalue weighted by molar-refractivity contribution is 6.30. The molecule has 0 fully saturated rings. The van der Waals surface area contributed by atoms with Crippen LogP contribution in [0.3, 0.4) is 0 Å². The Labute approximate surface area is 162 Å². The van der Waals surface area contributed by atoms with Crippen molar-refractivity contribution in [3.05, 3.63) is 63.8 Å². The second-order valence-corrected chi connectivity index (χ2v) is 6.75. The Bertz CT molecular complexity index is 964. The molecular weight excluding hydrogens is 368 g/mol. The van der Waals surface area contributed by atoms with Crippen molar-refractivity contribution in [2.45, 2.75) is 33.4 Å². The fourth-order valence-electron chi connectivity index (χ4n) is 2.74. The van der Waals surface area contributed by atoms with Crippen molar-refractivity contribution in [3.8, 4) is 5.75 Å². The van der Waals surface area contributed by atoms with Gasteiger partial charge in [-0.3, -0.25) is 9.48 Å². The average Bonchev–Trinajstić information content (AvgIpc) is 3.16. The summed E-state index contributed by atoms with van der Waals surface area (Å²) in [5.41, 5.74) is 2.75. The van der Waals surface area contributed by atoms with E-state index in [1.807, 2.05) is 20.9 Å². The first kappa shape index (κ1) is 19.0. The van der Waals surface area contributed by atoms with Crippen LogP contribution in [0.1, 0.15) is 46.0 Å². The quantitative estimate of drug-likeness (QED) is 0.695. The molecule has 1 aromatic carbocycles. The molecule has 1 unspecified atom stereocenters. The zero-order valence-electron chi connectivity index (χ0n) is 15.6. The van der Waals surface area contributed by atoms with E-state index < -0.39 is 0 Å². The Hall–Kier alpha value is -2.80. The van der Waals surface area contributed by atoms with Crippen LogP contribution in [-0.4, -0.2) is 20.8 Å². The lowest BCUT2D eigenvalue weighted by atomic mass is 10.1. The summed E-state index contributed by atoms with van der Waals surface area (Å²) in [5.74, 6) is 0.813. The monoisotopic (exact) mass is 388 g/mol. The summed E-state index contributed by atoms with van der Waals surface area (Å²) in [6.07, 6.45) is 1.75. The van der Waals surface area contributed by atoms with Crippen molar-refractivity contribution in [1.29, 1.82) is 0 Å². The first-order valence-corrected chi connectivity index (χ1v) is 8.87. The van der Waals surface area contributed by atoms with E-state index in [9.17, 15) is 4.79 Å². The maximum atomic E-state index is 12.7. The molecule has 2 aromatic heterocycles. The Morgan fingerprint density at radius 1 is 1.41 bits per heavy atom. The minimum atomic E-state index is -0.327. The molecule has 1 amide bonds. The number of aryl methyl sites for hydroxylation is 2. The summed E-state index contributed by atoms with van der Waals surface area (Å²) >= 11 is 5.97. The number of carbonyl (C=O) groups excluding carboxylic acids is 1. The van der Waals surface area contributed by atoms with E-state index in [2.05, 4.69) is 15.6 Å². The molecule has 1 atom stereocenters. The third-order valence-corrected chi connectivity index (χ3v) is 4.70. The Balaban J connectivity index is 1.73. The number of ether oxygens (including phenoxy) is 1. The largest absolute Gasteiger partial charge is 0.489 e. The van der Waals surface area contributed by atoms with Crippen LogP contribution in [-0.2, 0) is 13.7 Å². The molecule has 1 N–H and O–H groups in total. The van der Waals surface area contributed by atoms with Gasteiger partial charge >= 0.3 is 0 Å². The molecule has 0 spiro atoms. The van der Waals surface area contributed by atoms with Crippen molar-refractivity contribution < 1.29 is 14.1 Å². The molecule has 0 bridgehead atoms. The summed E-state index contributed by atoms with van der Waals surface area (Å²) in [5, 5.41) is 11.6.